The number of anilines is 1. The molecule has 1 saturated heterocycles. The molecule has 1 aliphatic rings. The molecule has 0 unspecified atom stereocenters. The summed E-state index contributed by atoms with van der Waals surface area (Å²) in [5, 5.41) is 3.74. The molecule has 0 spiro atoms. The van der Waals surface area contributed by atoms with Gasteiger partial charge in [-0.2, -0.15) is 0 Å². The van der Waals surface area contributed by atoms with Crippen LogP contribution >= 0.6 is 11.6 Å². The van der Waals surface area contributed by atoms with E-state index in [4.69, 9.17) is 11.6 Å². The lowest BCUT2D eigenvalue weighted by Crippen LogP contribution is -2.49. The van der Waals surface area contributed by atoms with Crippen molar-refractivity contribution in [2.24, 2.45) is 0 Å². The van der Waals surface area contributed by atoms with Crippen LogP contribution in [0.5, 0.6) is 0 Å². The summed E-state index contributed by atoms with van der Waals surface area (Å²) < 4.78 is 0. The van der Waals surface area contributed by atoms with Gasteiger partial charge in [0.1, 0.15) is 0 Å². The fourth-order valence-corrected chi connectivity index (χ4v) is 3.52. The van der Waals surface area contributed by atoms with E-state index in [2.05, 4.69) is 15.1 Å². The summed E-state index contributed by atoms with van der Waals surface area (Å²) in [6, 6.07) is 15.2. The third-order valence-corrected chi connectivity index (χ3v) is 5.38. The average Bonchev–Trinajstić information content (AvgIpc) is 2.69. The van der Waals surface area contributed by atoms with Crippen molar-refractivity contribution in [3.63, 3.8) is 0 Å². The number of benzene rings is 2. The van der Waals surface area contributed by atoms with Gasteiger partial charge in [0.25, 0.3) is 0 Å². The molecule has 2 aromatic carbocycles. The molecule has 0 radical (unpaired) electrons. The highest BCUT2D eigenvalue weighted by atomic mass is 35.5. The molecule has 1 fully saturated rings. The first kappa shape index (κ1) is 20.4. The van der Waals surface area contributed by atoms with E-state index < -0.39 is 0 Å². The molecule has 0 aromatic heterocycles. The molecule has 28 heavy (non-hydrogen) atoms. The quantitative estimate of drug-likeness (QED) is 0.755. The first-order chi connectivity index (χ1) is 13.4. The number of carbonyl (C=O) groups excluding carboxylic acids is 2. The topological polar surface area (TPSA) is 52.7 Å². The Morgan fingerprint density at radius 1 is 1.00 bits per heavy atom. The van der Waals surface area contributed by atoms with Crippen molar-refractivity contribution in [1.29, 1.82) is 0 Å². The molecule has 1 heterocycles. The summed E-state index contributed by atoms with van der Waals surface area (Å²) in [5.41, 5.74) is 2.89. The van der Waals surface area contributed by atoms with Gasteiger partial charge in [0, 0.05) is 42.5 Å². The summed E-state index contributed by atoms with van der Waals surface area (Å²) >= 11 is 5.92. The largest absolute Gasteiger partial charge is 0.369 e. The number of amides is 1. The van der Waals surface area contributed by atoms with Crippen molar-refractivity contribution in [2.75, 3.05) is 37.6 Å². The molecule has 0 bridgehead atoms. The second kappa shape index (κ2) is 9.22. The van der Waals surface area contributed by atoms with Gasteiger partial charge < -0.3 is 10.2 Å². The van der Waals surface area contributed by atoms with Crippen LogP contribution in [-0.4, -0.2) is 49.3 Å². The second-order valence-electron chi connectivity index (χ2n) is 7.21. The predicted octanol–water partition coefficient (Wildman–Crippen LogP) is 3.54. The Hall–Kier alpha value is -2.37. The van der Waals surface area contributed by atoms with Gasteiger partial charge in [0.05, 0.1) is 12.6 Å². The average molecular weight is 400 g/mol. The van der Waals surface area contributed by atoms with Gasteiger partial charge in [-0.3, -0.25) is 14.5 Å². The van der Waals surface area contributed by atoms with Crippen molar-refractivity contribution in [1.82, 2.24) is 10.2 Å². The number of hydrogen-bond acceptors (Lipinski definition) is 4. The number of hydrogen-bond donors (Lipinski definition) is 1. The second-order valence-corrected chi connectivity index (χ2v) is 7.64. The van der Waals surface area contributed by atoms with E-state index in [9.17, 15) is 9.59 Å². The molecule has 1 atom stereocenters. The van der Waals surface area contributed by atoms with Crippen LogP contribution in [0.4, 0.5) is 5.69 Å². The summed E-state index contributed by atoms with van der Waals surface area (Å²) in [6.07, 6.45) is 0. The van der Waals surface area contributed by atoms with E-state index in [0.717, 1.165) is 43.0 Å². The van der Waals surface area contributed by atoms with E-state index in [1.165, 1.54) is 0 Å². The van der Waals surface area contributed by atoms with E-state index in [-0.39, 0.29) is 17.7 Å². The van der Waals surface area contributed by atoms with E-state index in [1.54, 1.807) is 6.92 Å². The van der Waals surface area contributed by atoms with E-state index >= 15 is 0 Å². The van der Waals surface area contributed by atoms with Crippen LogP contribution in [0.15, 0.2) is 48.5 Å². The molecule has 1 aliphatic heterocycles. The van der Waals surface area contributed by atoms with Gasteiger partial charge in [-0.25, -0.2) is 0 Å². The monoisotopic (exact) mass is 399 g/mol. The van der Waals surface area contributed by atoms with Crippen molar-refractivity contribution >= 4 is 29.0 Å². The molecule has 148 valence electrons. The van der Waals surface area contributed by atoms with Crippen LogP contribution in [0.1, 0.15) is 35.8 Å². The Balaban J connectivity index is 1.46. The number of Topliss-reactive ketones (excluding diaryl/α,β-unsaturated/α-hetero) is 1. The highest BCUT2D eigenvalue weighted by Gasteiger charge is 2.20. The molecule has 3 rings (SSSR count). The molecular formula is C22H26ClN3O2. The smallest absolute Gasteiger partial charge is 0.234 e. The molecule has 1 N–H and O–H groups in total. The van der Waals surface area contributed by atoms with Crippen LogP contribution in [-0.2, 0) is 4.79 Å². The molecule has 5 nitrogen and oxygen atoms in total. The Bertz CT molecular complexity index is 813. The number of rotatable bonds is 6. The highest BCUT2D eigenvalue weighted by molar-refractivity contribution is 6.30. The zero-order valence-electron chi connectivity index (χ0n) is 16.3. The Kier molecular flexibility index (Phi) is 6.70. The molecule has 2 aromatic rings. The van der Waals surface area contributed by atoms with Crippen molar-refractivity contribution in [3.05, 3.63) is 64.7 Å². The van der Waals surface area contributed by atoms with Crippen molar-refractivity contribution < 1.29 is 9.59 Å². The highest BCUT2D eigenvalue weighted by Crippen LogP contribution is 2.18. The molecular weight excluding hydrogens is 374 g/mol. The first-order valence-corrected chi connectivity index (χ1v) is 9.93. The summed E-state index contributed by atoms with van der Waals surface area (Å²) in [4.78, 5) is 28.2. The van der Waals surface area contributed by atoms with Gasteiger partial charge in [-0.1, -0.05) is 23.7 Å². The fourth-order valence-electron chi connectivity index (χ4n) is 3.40. The number of carbonyl (C=O) groups is 2. The van der Waals surface area contributed by atoms with Crippen LogP contribution in [0, 0.1) is 0 Å². The first-order valence-electron chi connectivity index (χ1n) is 9.55. The Morgan fingerprint density at radius 2 is 1.61 bits per heavy atom. The minimum atomic E-state index is -0.0501. The van der Waals surface area contributed by atoms with Crippen LogP contribution < -0.4 is 10.2 Å². The van der Waals surface area contributed by atoms with Gasteiger partial charge in [-0.15, -0.1) is 0 Å². The van der Waals surface area contributed by atoms with Gasteiger partial charge >= 0.3 is 0 Å². The minimum absolute atomic E-state index is 0.0294. The normalized spacial score (nSPS) is 15.9. The zero-order chi connectivity index (χ0) is 20.1. The molecule has 0 aliphatic carbocycles. The lowest BCUT2D eigenvalue weighted by molar-refractivity contribution is -0.123. The maximum atomic E-state index is 12.4. The van der Waals surface area contributed by atoms with Crippen LogP contribution in [0.25, 0.3) is 0 Å². The minimum Gasteiger partial charge on any atom is -0.369 e. The summed E-state index contributed by atoms with van der Waals surface area (Å²) in [6.45, 7) is 7.33. The maximum Gasteiger partial charge on any atom is 0.234 e. The van der Waals surface area contributed by atoms with Crippen LogP contribution in [0.3, 0.4) is 0 Å². The van der Waals surface area contributed by atoms with E-state index in [1.807, 2.05) is 55.5 Å². The lowest BCUT2D eigenvalue weighted by atomic mass is 10.1. The zero-order valence-corrected chi connectivity index (χ0v) is 17.1. The Labute approximate surface area is 171 Å². The third kappa shape index (κ3) is 5.33. The third-order valence-electron chi connectivity index (χ3n) is 5.13. The number of nitrogens with zero attached hydrogens (tertiary/aromatic N) is 2. The number of piperazine rings is 1. The van der Waals surface area contributed by atoms with Gasteiger partial charge in [0.15, 0.2) is 5.78 Å². The Morgan fingerprint density at radius 3 is 2.18 bits per heavy atom. The van der Waals surface area contributed by atoms with Crippen molar-refractivity contribution in [2.45, 2.75) is 19.9 Å². The molecule has 6 heteroatoms. The number of ketones is 1. The fraction of sp³-hybridized carbons (Fsp3) is 0.364. The number of halogens is 1. The summed E-state index contributed by atoms with van der Waals surface area (Å²) in [5.74, 6) is 0.108. The standard InChI is InChI=1S/C22H26ClN3O2/c1-16(18-3-7-20(23)8-4-18)24-22(28)15-25-11-13-26(14-12-25)21-9-5-19(6-10-21)17(2)27/h3-10,16H,11-15H2,1-2H3,(H,24,28)/t16-/m0/s1. The maximum absolute atomic E-state index is 12.4. The molecule has 1 amide bonds. The van der Waals surface area contributed by atoms with E-state index in [0.29, 0.717) is 11.6 Å². The predicted molar refractivity (Wildman–Crippen MR) is 113 cm³/mol. The molecule has 0 saturated carbocycles. The van der Waals surface area contributed by atoms with Gasteiger partial charge in [0.2, 0.25) is 5.91 Å². The lowest BCUT2D eigenvalue weighted by Gasteiger charge is -2.36. The number of nitrogens with one attached hydrogen (secondary N) is 1. The van der Waals surface area contributed by atoms with Gasteiger partial charge in [-0.05, 0) is 55.8 Å². The van der Waals surface area contributed by atoms with Crippen LogP contribution in [0.2, 0.25) is 5.02 Å². The SMILES string of the molecule is CC(=O)c1ccc(N2CCN(CC(=O)N[C@@H](C)c3ccc(Cl)cc3)CC2)cc1. The van der Waals surface area contributed by atoms with Crippen molar-refractivity contribution in [3.8, 4) is 0 Å². The summed E-state index contributed by atoms with van der Waals surface area (Å²) in [7, 11) is 0.